The van der Waals surface area contributed by atoms with Crippen LogP contribution in [0.2, 0.25) is 10.0 Å². The highest BCUT2D eigenvalue weighted by atomic mass is 35.5. The fraction of sp³-hybridized carbons (Fsp3) is 0.417. The molecule has 0 saturated carbocycles. The van der Waals surface area contributed by atoms with Gasteiger partial charge in [0.1, 0.15) is 12.6 Å². The summed E-state index contributed by atoms with van der Waals surface area (Å²) in [4.78, 5) is 27.4. The Morgan fingerprint density at radius 3 is 2.35 bits per heavy atom. The number of halogens is 5. The maximum absolute atomic E-state index is 13.4. The predicted octanol–water partition coefficient (Wildman–Crippen LogP) is 5.11. The van der Waals surface area contributed by atoms with Crippen molar-refractivity contribution in [2.45, 2.75) is 45.5 Å². The first kappa shape index (κ1) is 30.7. The Hall–Kier alpha value is -2.50. The summed E-state index contributed by atoms with van der Waals surface area (Å²) in [5.74, 6) is -1.26. The van der Waals surface area contributed by atoms with E-state index in [9.17, 15) is 31.2 Å². The minimum absolute atomic E-state index is 0.0895. The molecule has 0 aliphatic heterocycles. The van der Waals surface area contributed by atoms with E-state index in [0.717, 1.165) is 36.1 Å². The van der Waals surface area contributed by atoms with Crippen molar-refractivity contribution in [3.63, 3.8) is 0 Å². The van der Waals surface area contributed by atoms with E-state index >= 15 is 0 Å². The third kappa shape index (κ3) is 8.79. The van der Waals surface area contributed by atoms with Crippen LogP contribution in [-0.2, 0) is 32.3 Å². The molecule has 7 nitrogen and oxygen atoms in total. The number of nitrogens with one attached hydrogen (secondary N) is 1. The molecule has 0 fully saturated rings. The molecule has 0 radical (unpaired) electrons. The first-order valence-corrected chi connectivity index (χ1v) is 13.9. The Labute approximate surface area is 224 Å². The van der Waals surface area contributed by atoms with Gasteiger partial charge >= 0.3 is 6.18 Å². The number of anilines is 1. The molecule has 1 atom stereocenters. The van der Waals surface area contributed by atoms with Crippen LogP contribution < -0.4 is 9.62 Å². The van der Waals surface area contributed by atoms with Gasteiger partial charge in [0.15, 0.2) is 0 Å². The van der Waals surface area contributed by atoms with E-state index in [1.807, 2.05) is 6.92 Å². The van der Waals surface area contributed by atoms with Crippen LogP contribution in [0.15, 0.2) is 42.5 Å². The second kappa shape index (κ2) is 12.8. The molecule has 0 unspecified atom stereocenters. The molecule has 1 N–H and O–H groups in total. The average molecular weight is 582 g/mol. The maximum atomic E-state index is 13.4. The minimum Gasteiger partial charge on any atom is -0.354 e. The molecular weight excluding hydrogens is 554 g/mol. The van der Waals surface area contributed by atoms with E-state index in [-0.39, 0.29) is 6.54 Å². The number of unbranched alkanes of at least 4 members (excludes halogenated alkanes) is 1. The van der Waals surface area contributed by atoms with Crippen molar-refractivity contribution in [3.8, 4) is 0 Å². The number of amides is 2. The SMILES string of the molecule is CCCCNC(=O)[C@@H](C)N(Cc1cccc(Cl)c1)C(=O)CN(c1ccc(Cl)c(C(F)(F)F)c1)S(C)(=O)=O. The van der Waals surface area contributed by atoms with E-state index < -0.39 is 56.9 Å². The Balaban J connectivity index is 2.44. The van der Waals surface area contributed by atoms with Crippen LogP contribution in [-0.4, -0.2) is 50.5 Å². The molecule has 2 rings (SSSR count). The van der Waals surface area contributed by atoms with Gasteiger partial charge in [0.25, 0.3) is 0 Å². The molecule has 0 spiro atoms. The smallest absolute Gasteiger partial charge is 0.354 e. The van der Waals surface area contributed by atoms with Gasteiger partial charge in [-0.3, -0.25) is 13.9 Å². The molecule has 13 heteroatoms. The van der Waals surface area contributed by atoms with E-state index in [1.165, 1.54) is 6.92 Å². The lowest BCUT2D eigenvalue weighted by atomic mass is 10.1. The van der Waals surface area contributed by atoms with Gasteiger partial charge in [-0.15, -0.1) is 0 Å². The molecule has 2 aromatic rings. The topological polar surface area (TPSA) is 86.8 Å². The van der Waals surface area contributed by atoms with Crippen LogP contribution in [0, 0.1) is 0 Å². The van der Waals surface area contributed by atoms with Gasteiger partial charge in [-0.05, 0) is 49.2 Å². The zero-order valence-electron chi connectivity index (χ0n) is 20.5. The Morgan fingerprint density at radius 1 is 1.11 bits per heavy atom. The summed E-state index contributed by atoms with van der Waals surface area (Å²) in [6, 6.07) is 8.09. The van der Waals surface area contributed by atoms with Crippen molar-refractivity contribution in [2.75, 3.05) is 23.7 Å². The molecule has 0 saturated heterocycles. The molecule has 37 heavy (non-hydrogen) atoms. The summed E-state index contributed by atoms with van der Waals surface area (Å²) < 4.78 is 65.9. The Kier molecular flexibility index (Phi) is 10.7. The fourth-order valence-electron chi connectivity index (χ4n) is 3.45. The summed E-state index contributed by atoms with van der Waals surface area (Å²) in [6.07, 6.45) is -2.51. The maximum Gasteiger partial charge on any atom is 0.417 e. The van der Waals surface area contributed by atoms with Crippen LogP contribution in [0.5, 0.6) is 0 Å². The van der Waals surface area contributed by atoms with E-state index in [1.54, 1.807) is 24.3 Å². The van der Waals surface area contributed by atoms with Crippen LogP contribution in [0.3, 0.4) is 0 Å². The quantitative estimate of drug-likeness (QED) is 0.373. The molecule has 0 bridgehead atoms. The molecule has 204 valence electrons. The van der Waals surface area contributed by atoms with Gasteiger partial charge in [0.2, 0.25) is 21.8 Å². The van der Waals surface area contributed by atoms with Crippen LogP contribution in [0.25, 0.3) is 0 Å². The molecule has 0 aromatic heterocycles. The molecular formula is C24H28Cl2F3N3O4S. The number of hydrogen-bond donors (Lipinski definition) is 1. The standard InChI is InChI=1S/C24H28Cl2F3N3O4S/c1-4-5-11-30-23(34)16(2)31(14-17-7-6-8-18(25)12-17)22(33)15-32(37(3,35)36)19-9-10-21(26)20(13-19)24(27,28)29/h6-10,12-13,16H,4-5,11,14-15H2,1-3H3,(H,30,34)/t16-/m1/s1. The largest absolute Gasteiger partial charge is 0.417 e. The lowest BCUT2D eigenvalue weighted by molar-refractivity contribution is -0.139. The number of carbonyl (C=O) groups is 2. The fourth-order valence-corrected chi connectivity index (χ4v) is 4.73. The summed E-state index contributed by atoms with van der Waals surface area (Å²) in [7, 11) is -4.21. The number of rotatable bonds is 11. The molecule has 0 heterocycles. The summed E-state index contributed by atoms with van der Waals surface area (Å²) in [6.45, 7) is 2.89. The number of benzene rings is 2. The lowest BCUT2D eigenvalue weighted by Crippen LogP contribution is -2.51. The number of carbonyl (C=O) groups excluding carboxylic acids is 2. The Morgan fingerprint density at radius 2 is 1.78 bits per heavy atom. The second-order valence-corrected chi connectivity index (χ2v) is 11.2. The van der Waals surface area contributed by atoms with E-state index in [4.69, 9.17) is 23.2 Å². The minimum atomic E-state index is -4.84. The summed E-state index contributed by atoms with van der Waals surface area (Å²) in [5.41, 5.74) is -1.06. The molecule has 0 aliphatic carbocycles. The van der Waals surface area contributed by atoms with Crippen molar-refractivity contribution in [1.29, 1.82) is 0 Å². The zero-order chi connectivity index (χ0) is 28.0. The van der Waals surface area contributed by atoms with Crippen molar-refractivity contribution >= 4 is 50.7 Å². The first-order valence-electron chi connectivity index (χ1n) is 11.3. The first-order chi connectivity index (χ1) is 17.1. The second-order valence-electron chi connectivity index (χ2n) is 8.40. The van der Waals surface area contributed by atoms with Gasteiger partial charge < -0.3 is 10.2 Å². The third-order valence-corrected chi connectivity index (χ3v) is 7.17. The number of hydrogen-bond acceptors (Lipinski definition) is 4. The number of sulfonamides is 1. The Bertz CT molecular complexity index is 1230. The molecule has 2 aromatic carbocycles. The van der Waals surface area contributed by atoms with Crippen LogP contribution >= 0.6 is 23.2 Å². The highest BCUT2D eigenvalue weighted by Gasteiger charge is 2.35. The summed E-state index contributed by atoms with van der Waals surface area (Å²) >= 11 is 11.7. The molecule has 0 aliphatic rings. The molecule has 2 amide bonds. The summed E-state index contributed by atoms with van der Waals surface area (Å²) in [5, 5.41) is 2.51. The highest BCUT2D eigenvalue weighted by molar-refractivity contribution is 7.92. The van der Waals surface area contributed by atoms with Crippen LogP contribution in [0.4, 0.5) is 18.9 Å². The van der Waals surface area contributed by atoms with Gasteiger partial charge in [0.05, 0.1) is 22.5 Å². The van der Waals surface area contributed by atoms with Crippen LogP contribution in [0.1, 0.15) is 37.8 Å². The lowest BCUT2D eigenvalue weighted by Gasteiger charge is -2.31. The van der Waals surface area contributed by atoms with Crippen molar-refractivity contribution < 1.29 is 31.2 Å². The number of nitrogens with zero attached hydrogens (tertiary/aromatic N) is 2. The average Bonchev–Trinajstić information content (AvgIpc) is 2.79. The van der Waals surface area contributed by atoms with Crippen molar-refractivity contribution in [1.82, 2.24) is 10.2 Å². The van der Waals surface area contributed by atoms with Gasteiger partial charge in [0, 0.05) is 18.1 Å². The monoisotopic (exact) mass is 581 g/mol. The van der Waals surface area contributed by atoms with Gasteiger partial charge in [-0.1, -0.05) is 48.7 Å². The predicted molar refractivity (Wildman–Crippen MR) is 138 cm³/mol. The van der Waals surface area contributed by atoms with Gasteiger partial charge in [-0.2, -0.15) is 13.2 Å². The number of alkyl halides is 3. The van der Waals surface area contributed by atoms with Gasteiger partial charge in [-0.25, -0.2) is 8.42 Å². The van der Waals surface area contributed by atoms with E-state index in [0.29, 0.717) is 27.5 Å². The van der Waals surface area contributed by atoms with Crippen molar-refractivity contribution in [2.24, 2.45) is 0 Å². The van der Waals surface area contributed by atoms with Crippen molar-refractivity contribution in [3.05, 3.63) is 63.6 Å². The normalized spacial score (nSPS) is 12.6. The zero-order valence-corrected chi connectivity index (χ0v) is 22.8. The highest BCUT2D eigenvalue weighted by Crippen LogP contribution is 2.37. The third-order valence-electron chi connectivity index (χ3n) is 5.46. The van der Waals surface area contributed by atoms with E-state index in [2.05, 4.69) is 5.32 Å².